The lowest BCUT2D eigenvalue weighted by Crippen LogP contribution is -2.39. The van der Waals surface area contributed by atoms with Crippen molar-refractivity contribution in [3.8, 4) is 11.4 Å². The van der Waals surface area contributed by atoms with E-state index >= 15 is 0 Å². The van der Waals surface area contributed by atoms with Gasteiger partial charge in [-0.15, -0.1) is 0 Å². The summed E-state index contributed by atoms with van der Waals surface area (Å²) in [6.07, 6.45) is 1.91. The Balaban J connectivity index is 1.31. The van der Waals surface area contributed by atoms with Crippen LogP contribution in [0.3, 0.4) is 0 Å². The topological polar surface area (TPSA) is 95.2 Å². The molecule has 1 fully saturated rings. The molecule has 174 valence electrons. The number of aromatic nitrogens is 2. The molecule has 1 aliphatic heterocycles. The second kappa shape index (κ2) is 9.04. The molecular weight excluding hydrogens is 448 g/mol. The van der Waals surface area contributed by atoms with E-state index in [1.54, 1.807) is 22.5 Å². The zero-order chi connectivity index (χ0) is 23.7. The summed E-state index contributed by atoms with van der Waals surface area (Å²) < 4.78 is 27.5. The van der Waals surface area contributed by atoms with Crippen molar-refractivity contribution in [1.29, 1.82) is 0 Å². The van der Waals surface area contributed by atoms with E-state index < -0.39 is 10.0 Å². The average Bonchev–Trinajstić information content (AvgIpc) is 3.29. The van der Waals surface area contributed by atoms with Gasteiger partial charge in [0.15, 0.2) is 0 Å². The highest BCUT2D eigenvalue weighted by molar-refractivity contribution is 7.89. The van der Waals surface area contributed by atoms with E-state index in [0.29, 0.717) is 30.3 Å². The number of hydrogen-bond acceptors (Lipinski definition) is 4. The summed E-state index contributed by atoms with van der Waals surface area (Å²) in [7, 11) is -3.55. The third-order valence-corrected chi connectivity index (χ3v) is 8.04. The summed E-state index contributed by atoms with van der Waals surface area (Å²) in [5.74, 6) is 0.764. The number of piperidine rings is 1. The van der Waals surface area contributed by atoms with Gasteiger partial charge in [0.05, 0.1) is 15.9 Å². The molecule has 34 heavy (non-hydrogen) atoms. The van der Waals surface area contributed by atoms with Gasteiger partial charge < -0.3 is 10.3 Å². The number of amides is 1. The van der Waals surface area contributed by atoms with Crippen molar-refractivity contribution in [3.63, 3.8) is 0 Å². The van der Waals surface area contributed by atoms with E-state index in [0.717, 1.165) is 35.3 Å². The molecule has 0 unspecified atom stereocenters. The van der Waals surface area contributed by atoms with Gasteiger partial charge in [-0.1, -0.05) is 31.2 Å². The Morgan fingerprint density at radius 1 is 1.06 bits per heavy atom. The van der Waals surface area contributed by atoms with Gasteiger partial charge in [0, 0.05) is 29.9 Å². The molecule has 4 aromatic rings. The highest BCUT2D eigenvalue weighted by Crippen LogP contribution is 2.25. The van der Waals surface area contributed by atoms with Crippen LogP contribution in [0.4, 0.5) is 5.69 Å². The number of fused-ring (bicyclic) bond motifs is 1. The molecule has 0 spiro atoms. The monoisotopic (exact) mass is 474 g/mol. The fourth-order valence-electron chi connectivity index (χ4n) is 4.33. The first-order chi connectivity index (χ1) is 16.4. The molecule has 5 rings (SSSR count). The van der Waals surface area contributed by atoms with E-state index in [1.807, 2.05) is 42.5 Å². The molecule has 0 aliphatic carbocycles. The summed E-state index contributed by atoms with van der Waals surface area (Å²) in [6.45, 7) is 3.14. The maximum Gasteiger partial charge on any atom is 0.255 e. The van der Waals surface area contributed by atoms with Crippen LogP contribution in [0.25, 0.3) is 22.4 Å². The quantitative estimate of drug-likeness (QED) is 0.430. The van der Waals surface area contributed by atoms with Gasteiger partial charge in [-0.25, -0.2) is 13.4 Å². The smallest absolute Gasteiger partial charge is 0.255 e. The zero-order valence-corrected chi connectivity index (χ0v) is 19.7. The number of benzene rings is 3. The van der Waals surface area contributed by atoms with Gasteiger partial charge in [-0.05, 0) is 67.3 Å². The van der Waals surface area contributed by atoms with Crippen LogP contribution in [0.2, 0.25) is 0 Å². The van der Waals surface area contributed by atoms with Crippen molar-refractivity contribution < 1.29 is 13.2 Å². The number of rotatable bonds is 5. The normalized spacial score (nSPS) is 17.0. The van der Waals surface area contributed by atoms with Gasteiger partial charge in [0.2, 0.25) is 10.0 Å². The van der Waals surface area contributed by atoms with Crippen LogP contribution >= 0.6 is 0 Å². The van der Waals surface area contributed by atoms with Crippen molar-refractivity contribution in [2.24, 2.45) is 5.92 Å². The van der Waals surface area contributed by atoms with E-state index in [2.05, 4.69) is 22.2 Å². The van der Waals surface area contributed by atoms with Crippen molar-refractivity contribution in [2.45, 2.75) is 24.7 Å². The molecule has 1 aromatic heterocycles. The predicted molar refractivity (Wildman–Crippen MR) is 133 cm³/mol. The molecular formula is C26H26N4O3S. The molecule has 1 aliphatic rings. The van der Waals surface area contributed by atoms with Crippen LogP contribution in [0, 0.1) is 5.92 Å². The molecule has 7 nitrogen and oxygen atoms in total. The SMILES string of the molecule is C[C@H]1CCCN(S(=O)(=O)c2ccc(C(=O)Nc3cccc(-c4nc5ccccc5[nH]4)c3)cc2)C1. The van der Waals surface area contributed by atoms with Crippen LogP contribution in [-0.2, 0) is 10.0 Å². The number of para-hydroxylation sites is 2. The molecule has 0 bridgehead atoms. The lowest BCUT2D eigenvalue weighted by Gasteiger charge is -2.30. The Bertz CT molecular complexity index is 1410. The third kappa shape index (κ3) is 4.47. The largest absolute Gasteiger partial charge is 0.338 e. The number of nitrogens with one attached hydrogen (secondary N) is 2. The Morgan fingerprint density at radius 2 is 1.85 bits per heavy atom. The summed E-state index contributed by atoms with van der Waals surface area (Å²) in [4.78, 5) is 20.9. The first-order valence-electron chi connectivity index (χ1n) is 11.4. The first kappa shape index (κ1) is 22.3. The van der Waals surface area contributed by atoms with Crippen LogP contribution in [-0.4, -0.2) is 41.7 Å². The number of nitrogens with zero attached hydrogens (tertiary/aromatic N) is 2. The second-order valence-corrected chi connectivity index (χ2v) is 10.7. The molecule has 8 heteroatoms. The molecule has 0 saturated carbocycles. The minimum Gasteiger partial charge on any atom is -0.338 e. The zero-order valence-electron chi connectivity index (χ0n) is 18.9. The van der Waals surface area contributed by atoms with Crippen LogP contribution in [0.1, 0.15) is 30.1 Å². The van der Waals surface area contributed by atoms with E-state index in [1.165, 1.54) is 12.1 Å². The molecule has 3 aromatic carbocycles. The van der Waals surface area contributed by atoms with Gasteiger partial charge in [-0.3, -0.25) is 4.79 Å². The second-order valence-electron chi connectivity index (χ2n) is 8.77. The number of hydrogen-bond donors (Lipinski definition) is 2. The molecule has 2 heterocycles. The maximum atomic E-state index is 13.0. The van der Waals surface area contributed by atoms with Crippen LogP contribution in [0.5, 0.6) is 0 Å². The summed E-state index contributed by atoms with van der Waals surface area (Å²) in [5.41, 5.74) is 3.69. The predicted octanol–water partition coefficient (Wildman–Crippen LogP) is 4.90. The Labute approximate surface area is 198 Å². The van der Waals surface area contributed by atoms with Crippen molar-refractivity contribution in [1.82, 2.24) is 14.3 Å². The van der Waals surface area contributed by atoms with Gasteiger partial charge in [-0.2, -0.15) is 4.31 Å². The summed E-state index contributed by atoms with van der Waals surface area (Å²) in [5, 5.41) is 2.89. The molecule has 1 amide bonds. The molecule has 2 N–H and O–H groups in total. The number of H-pyrrole nitrogens is 1. The minimum absolute atomic E-state index is 0.213. The number of imidazole rings is 1. The number of aromatic amines is 1. The fourth-order valence-corrected chi connectivity index (χ4v) is 5.93. The van der Waals surface area contributed by atoms with Gasteiger partial charge in [0.1, 0.15) is 5.82 Å². The van der Waals surface area contributed by atoms with E-state index in [9.17, 15) is 13.2 Å². The van der Waals surface area contributed by atoms with Gasteiger partial charge in [0.25, 0.3) is 5.91 Å². The molecule has 0 radical (unpaired) electrons. The standard InChI is InChI=1S/C26H26N4O3S/c1-18-6-5-15-30(17-18)34(32,33)22-13-11-19(12-14-22)26(31)27-21-8-4-7-20(16-21)25-28-23-9-2-3-10-24(23)29-25/h2-4,7-14,16,18H,5-6,15,17H2,1H3,(H,27,31)(H,28,29)/t18-/m0/s1. The van der Waals surface area contributed by atoms with E-state index in [4.69, 9.17) is 0 Å². The molecule has 1 saturated heterocycles. The third-order valence-electron chi connectivity index (χ3n) is 6.16. The van der Waals surface area contributed by atoms with Crippen LogP contribution in [0.15, 0.2) is 77.7 Å². The fraction of sp³-hybridized carbons (Fsp3) is 0.231. The van der Waals surface area contributed by atoms with Crippen LogP contribution < -0.4 is 5.32 Å². The minimum atomic E-state index is -3.55. The first-order valence-corrected chi connectivity index (χ1v) is 12.8. The Kier molecular flexibility index (Phi) is 5.93. The lowest BCUT2D eigenvalue weighted by atomic mass is 10.0. The lowest BCUT2D eigenvalue weighted by molar-refractivity contribution is 0.102. The number of anilines is 1. The number of carbonyl (C=O) groups is 1. The highest BCUT2D eigenvalue weighted by atomic mass is 32.2. The summed E-state index contributed by atoms with van der Waals surface area (Å²) in [6, 6.07) is 21.4. The summed E-state index contributed by atoms with van der Waals surface area (Å²) >= 11 is 0. The van der Waals surface area contributed by atoms with Crippen molar-refractivity contribution in [3.05, 3.63) is 78.4 Å². The number of sulfonamides is 1. The van der Waals surface area contributed by atoms with E-state index in [-0.39, 0.29) is 10.8 Å². The average molecular weight is 475 g/mol. The Hall–Kier alpha value is -3.49. The maximum absolute atomic E-state index is 13.0. The van der Waals surface area contributed by atoms with Crippen molar-refractivity contribution in [2.75, 3.05) is 18.4 Å². The molecule has 1 atom stereocenters. The highest BCUT2D eigenvalue weighted by Gasteiger charge is 2.28. The van der Waals surface area contributed by atoms with Crippen molar-refractivity contribution >= 4 is 32.7 Å². The Morgan fingerprint density at radius 3 is 2.62 bits per heavy atom. The number of carbonyl (C=O) groups excluding carboxylic acids is 1. The van der Waals surface area contributed by atoms with Gasteiger partial charge >= 0.3 is 0 Å².